The van der Waals surface area contributed by atoms with Crippen molar-refractivity contribution in [3.05, 3.63) is 32.5 Å². The Kier molecular flexibility index (Phi) is 4.54. The third-order valence-corrected chi connectivity index (χ3v) is 3.76. The molecule has 2 heterocycles. The van der Waals surface area contributed by atoms with Gasteiger partial charge in [0.25, 0.3) is 11.5 Å². The van der Waals surface area contributed by atoms with Crippen LogP contribution in [0.15, 0.2) is 15.7 Å². The maximum atomic E-state index is 12.6. The number of nitrogens with zero attached hydrogens (tertiary/aromatic N) is 3. The van der Waals surface area contributed by atoms with Gasteiger partial charge in [0, 0.05) is 12.5 Å². The first-order valence-corrected chi connectivity index (χ1v) is 7.45. The molecule has 0 aromatic carbocycles. The Balaban J connectivity index is 2.89. The lowest BCUT2D eigenvalue weighted by Gasteiger charge is -2.13. The topological polar surface area (TPSA) is 143 Å². The van der Waals surface area contributed by atoms with Crippen LogP contribution in [0.5, 0.6) is 0 Å². The molecule has 128 valence electrons. The number of carbonyl (C=O) groups excluding carboxylic acids is 2. The number of rotatable bonds is 5. The van der Waals surface area contributed by atoms with Crippen LogP contribution in [0, 0.1) is 5.92 Å². The first-order chi connectivity index (χ1) is 11.2. The van der Waals surface area contributed by atoms with E-state index >= 15 is 0 Å². The standard InChI is InChI=1S/C15H19N5O4/c1-4-19-13-9(5-8(12(17)22)11(16)18-13)14(23)20(15(19)24)6-10(21)7(2)3/h5,7H,4,6H2,1-3H3,(H2,16,18)(H2,17,22). The van der Waals surface area contributed by atoms with E-state index < -0.39 is 17.2 Å². The number of amides is 1. The van der Waals surface area contributed by atoms with E-state index in [0.717, 1.165) is 4.57 Å². The summed E-state index contributed by atoms with van der Waals surface area (Å²) in [5.74, 6) is -1.57. The van der Waals surface area contributed by atoms with Crippen molar-refractivity contribution in [1.29, 1.82) is 0 Å². The molecule has 0 unspecified atom stereocenters. The van der Waals surface area contributed by atoms with Gasteiger partial charge in [-0.15, -0.1) is 0 Å². The SMILES string of the molecule is CCn1c(=O)n(CC(=O)C(C)C)c(=O)c2cc(C(N)=O)c(N)nc21. The largest absolute Gasteiger partial charge is 0.383 e. The lowest BCUT2D eigenvalue weighted by molar-refractivity contribution is -0.122. The van der Waals surface area contributed by atoms with E-state index in [1.165, 1.54) is 10.6 Å². The highest BCUT2D eigenvalue weighted by molar-refractivity contribution is 6.00. The lowest BCUT2D eigenvalue weighted by Crippen LogP contribution is -2.42. The van der Waals surface area contributed by atoms with Gasteiger partial charge in [0.15, 0.2) is 11.4 Å². The van der Waals surface area contributed by atoms with Crippen LogP contribution in [-0.2, 0) is 17.9 Å². The molecule has 4 N–H and O–H groups in total. The molecule has 2 aromatic rings. The van der Waals surface area contributed by atoms with E-state index in [1.807, 2.05) is 0 Å². The minimum Gasteiger partial charge on any atom is -0.383 e. The zero-order valence-electron chi connectivity index (χ0n) is 13.7. The summed E-state index contributed by atoms with van der Waals surface area (Å²) in [6, 6.07) is 1.21. The summed E-state index contributed by atoms with van der Waals surface area (Å²) in [5, 5.41) is 0.0102. The number of ketones is 1. The summed E-state index contributed by atoms with van der Waals surface area (Å²) in [6.07, 6.45) is 0. The minimum absolute atomic E-state index is 0.0102. The summed E-state index contributed by atoms with van der Waals surface area (Å²) >= 11 is 0. The Morgan fingerprint density at radius 3 is 2.38 bits per heavy atom. The second-order valence-corrected chi connectivity index (χ2v) is 5.70. The first-order valence-electron chi connectivity index (χ1n) is 7.45. The van der Waals surface area contributed by atoms with Crippen molar-refractivity contribution in [2.45, 2.75) is 33.9 Å². The van der Waals surface area contributed by atoms with Crippen LogP contribution in [0.25, 0.3) is 11.0 Å². The van der Waals surface area contributed by atoms with Crippen molar-refractivity contribution in [3.63, 3.8) is 0 Å². The quantitative estimate of drug-likeness (QED) is 0.754. The number of hydrogen-bond donors (Lipinski definition) is 2. The summed E-state index contributed by atoms with van der Waals surface area (Å²) in [4.78, 5) is 52.5. The average molecular weight is 333 g/mol. The van der Waals surface area contributed by atoms with E-state index in [4.69, 9.17) is 11.5 Å². The molecule has 24 heavy (non-hydrogen) atoms. The van der Waals surface area contributed by atoms with Crippen LogP contribution in [0.1, 0.15) is 31.1 Å². The fourth-order valence-electron chi connectivity index (χ4n) is 2.31. The van der Waals surface area contributed by atoms with Crippen molar-refractivity contribution < 1.29 is 9.59 Å². The Bertz CT molecular complexity index is 955. The molecule has 0 saturated carbocycles. The molecule has 0 aliphatic carbocycles. The number of fused-ring (bicyclic) bond motifs is 1. The number of nitrogens with two attached hydrogens (primary N) is 2. The highest BCUT2D eigenvalue weighted by atomic mass is 16.2. The van der Waals surface area contributed by atoms with Crippen LogP contribution in [-0.4, -0.2) is 25.8 Å². The Hall–Kier alpha value is -2.97. The number of pyridine rings is 1. The molecular weight excluding hydrogens is 314 g/mol. The van der Waals surface area contributed by atoms with Gasteiger partial charge >= 0.3 is 5.69 Å². The molecule has 0 spiro atoms. The van der Waals surface area contributed by atoms with E-state index in [9.17, 15) is 19.2 Å². The van der Waals surface area contributed by atoms with E-state index in [1.54, 1.807) is 20.8 Å². The van der Waals surface area contributed by atoms with E-state index in [-0.39, 0.29) is 47.2 Å². The van der Waals surface area contributed by atoms with Crippen molar-refractivity contribution in [2.75, 3.05) is 5.73 Å². The highest BCUT2D eigenvalue weighted by Gasteiger charge is 2.19. The summed E-state index contributed by atoms with van der Waals surface area (Å²) < 4.78 is 2.07. The number of primary amides is 1. The van der Waals surface area contributed by atoms with E-state index in [0.29, 0.717) is 0 Å². The predicted molar refractivity (Wildman–Crippen MR) is 88.7 cm³/mol. The van der Waals surface area contributed by atoms with E-state index in [2.05, 4.69) is 4.98 Å². The molecule has 1 amide bonds. The minimum atomic E-state index is -0.833. The molecule has 0 bridgehead atoms. The Morgan fingerprint density at radius 1 is 1.25 bits per heavy atom. The molecule has 0 aliphatic heterocycles. The number of anilines is 1. The van der Waals surface area contributed by atoms with Crippen LogP contribution >= 0.6 is 0 Å². The Morgan fingerprint density at radius 2 is 1.88 bits per heavy atom. The lowest BCUT2D eigenvalue weighted by atomic mass is 10.1. The molecule has 0 radical (unpaired) electrons. The third kappa shape index (κ3) is 2.80. The fourth-order valence-corrected chi connectivity index (χ4v) is 2.31. The molecule has 0 atom stereocenters. The van der Waals surface area contributed by atoms with Gasteiger partial charge in [0.05, 0.1) is 17.5 Å². The normalized spacial score (nSPS) is 11.2. The fraction of sp³-hybridized carbons (Fsp3) is 0.400. The number of hydrogen-bond acceptors (Lipinski definition) is 6. The van der Waals surface area contributed by atoms with Gasteiger partial charge < -0.3 is 11.5 Å². The zero-order valence-corrected chi connectivity index (χ0v) is 13.7. The van der Waals surface area contributed by atoms with Gasteiger partial charge in [-0.1, -0.05) is 13.8 Å². The number of carbonyl (C=O) groups is 2. The number of aromatic nitrogens is 3. The van der Waals surface area contributed by atoms with Gasteiger partial charge in [-0.25, -0.2) is 9.78 Å². The Labute approximate surface area is 136 Å². The van der Waals surface area contributed by atoms with Crippen LogP contribution < -0.4 is 22.7 Å². The molecule has 0 fully saturated rings. The van der Waals surface area contributed by atoms with Gasteiger partial charge in [0.2, 0.25) is 0 Å². The predicted octanol–water partition coefficient (Wildman–Crippen LogP) is -0.516. The van der Waals surface area contributed by atoms with Crippen molar-refractivity contribution >= 4 is 28.5 Å². The average Bonchev–Trinajstić information content (AvgIpc) is 2.50. The third-order valence-electron chi connectivity index (χ3n) is 3.76. The maximum absolute atomic E-state index is 12.6. The molecule has 9 nitrogen and oxygen atoms in total. The van der Waals surface area contributed by atoms with Crippen LogP contribution in [0.3, 0.4) is 0 Å². The molecule has 0 saturated heterocycles. The molecular formula is C15H19N5O4. The second-order valence-electron chi connectivity index (χ2n) is 5.70. The summed E-state index contributed by atoms with van der Waals surface area (Å²) in [6.45, 7) is 4.93. The van der Waals surface area contributed by atoms with Gasteiger partial charge in [-0.3, -0.25) is 23.5 Å². The van der Waals surface area contributed by atoms with Crippen molar-refractivity contribution in [2.24, 2.45) is 11.7 Å². The van der Waals surface area contributed by atoms with Crippen LogP contribution in [0.2, 0.25) is 0 Å². The summed E-state index contributed by atoms with van der Waals surface area (Å²) in [7, 11) is 0. The van der Waals surface area contributed by atoms with Gasteiger partial charge in [-0.05, 0) is 13.0 Å². The van der Waals surface area contributed by atoms with Crippen molar-refractivity contribution in [3.8, 4) is 0 Å². The van der Waals surface area contributed by atoms with Gasteiger partial charge in [0.1, 0.15) is 5.82 Å². The molecule has 9 heteroatoms. The highest BCUT2D eigenvalue weighted by Crippen LogP contribution is 2.14. The van der Waals surface area contributed by atoms with Crippen molar-refractivity contribution in [1.82, 2.24) is 14.1 Å². The molecule has 2 aromatic heterocycles. The number of nitrogen functional groups attached to an aromatic ring is 1. The van der Waals surface area contributed by atoms with Crippen LogP contribution in [0.4, 0.5) is 5.82 Å². The molecule has 0 aliphatic rings. The second kappa shape index (κ2) is 6.26. The summed E-state index contributed by atoms with van der Waals surface area (Å²) in [5.41, 5.74) is 9.50. The molecule has 2 rings (SSSR count). The number of aryl methyl sites for hydroxylation is 1. The maximum Gasteiger partial charge on any atom is 0.333 e. The smallest absolute Gasteiger partial charge is 0.333 e. The first kappa shape index (κ1) is 17.4. The van der Waals surface area contributed by atoms with Gasteiger partial charge in [-0.2, -0.15) is 0 Å². The number of Topliss-reactive ketones (excluding diaryl/α,β-unsaturated/α-hetero) is 1. The monoisotopic (exact) mass is 333 g/mol. The zero-order chi connectivity index (χ0) is 18.2.